The van der Waals surface area contributed by atoms with Gasteiger partial charge in [-0.25, -0.2) is 17.5 Å². The molecule has 0 fully saturated rings. The minimum absolute atomic E-state index is 0.0356. The molecule has 0 aliphatic heterocycles. The fraction of sp³-hybridized carbons (Fsp3) is 0.190. The number of rotatable bonds is 9. The van der Waals surface area contributed by atoms with Gasteiger partial charge in [-0.3, -0.25) is 0 Å². The molecule has 0 amide bonds. The molecule has 172 valence electrons. The number of sulfonamides is 1. The van der Waals surface area contributed by atoms with Gasteiger partial charge in [0.05, 0.1) is 19.8 Å². The van der Waals surface area contributed by atoms with E-state index in [-0.39, 0.29) is 19.0 Å². The van der Waals surface area contributed by atoms with Crippen molar-refractivity contribution in [3.8, 4) is 28.8 Å². The summed E-state index contributed by atoms with van der Waals surface area (Å²) in [5.74, 6) is 0.964. The number of ether oxygens (including phenoxy) is 3. The lowest BCUT2D eigenvalue weighted by Gasteiger charge is -2.10. The lowest BCUT2D eigenvalue weighted by atomic mass is 10.2. The molecule has 0 unspecified atom stereocenters. The van der Waals surface area contributed by atoms with Gasteiger partial charge < -0.3 is 14.2 Å². The average molecular weight is 473 g/mol. The summed E-state index contributed by atoms with van der Waals surface area (Å²) in [7, 11) is -0.910. The van der Waals surface area contributed by atoms with Crippen molar-refractivity contribution in [1.29, 1.82) is 0 Å². The quantitative estimate of drug-likeness (QED) is 0.368. The van der Waals surface area contributed by atoms with E-state index < -0.39 is 20.7 Å². The third-order valence-electron chi connectivity index (χ3n) is 4.66. The van der Waals surface area contributed by atoms with Crippen molar-refractivity contribution in [2.45, 2.75) is 4.90 Å². The molecule has 0 atom stereocenters. The molecule has 10 nitrogen and oxygen atoms in total. The fourth-order valence-corrected chi connectivity index (χ4v) is 4.17. The first-order chi connectivity index (χ1) is 15.9. The molecule has 2 aromatic heterocycles. The largest absolute Gasteiger partial charge is 0.497 e. The second kappa shape index (κ2) is 9.38. The standard InChI is InChI=1S/C21H20FN5O5S/c1-30-14-7-8-17(31-2)15(13-14)21-25-24-19-9-10-20(26-27(19)21)32-12-11-23-33(28,29)18-6-4-3-5-16(18)22/h3-10,13,23H,11-12H2,1-2H3. The lowest BCUT2D eigenvalue weighted by molar-refractivity contribution is 0.305. The van der Waals surface area contributed by atoms with Crippen LogP contribution in [0.3, 0.4) is 0 Å². The Hall–Kier alpha value is -3.77. The van der Waals surface area contributed by atoms with Crippen LogP contribution in [0, 0.1) is 5.82 Å². The molecule has 0 saturated heterocycles. The maximum atomic E-state index is 13.8. The number of methoxy groups -OCH3 is 2. The number of hydrogen-bond acceptors (Lipinski definition) is 8. The third-order valence-corrected chi connectivity index (χ3v) is 6.15. The zero-order chi connectivity index (χ0) is 23.4. The Morgan fingerprint density at radius 1 is 1.03 bits per heavy atom. The Kier molecular flexibility index (Phi) is 6.38. The van der Waals surface area contributed by atoms with Crippen LogP contribution in [0.5, 0.6) is 17.4 Å². The molecule has 0 bridgehead atoms. The number of hydrogen-bond donors (Lipinski definition) is 1. The molecular weight excluding hydrogens is 453 g/mol. The minimum atomic E-state index is -4.00. The summed E-state index contributed by atoms with van der Waals surface area (Å²) in [6.07, 6.45) is 0. The Bertz CT molecular complexity index is 1390. The van der Waals surface area contributed by atoms with E-state index in [0.29, 0.717) is 28.5 Å². The molecule has 0 spiro atoms. The molecule has 0 radical (unpaired) electrons. The van der Waals surface area contributed by atoms with Crippen LogP contribution in [-0.2, 0) is 10.0 Å². The van der Waals surface area contributed by atoms with E-state index in [1.54, 1.807) is 44.6 Å². The van der Waals surface area contributed by atoms with Crippen LogP contribution in [0.25, 0.3) is 17.0 Å². The molecule has 12 heteroatoms. The van der Waals surface area contributed by atoms with Crippen molar-refractivity contribution < 1.29 is 27.0 Å². The highest BCUT2D eigenvalue weighted by molar-refractivity contribution is 7.89. The number of benzene rings is 2. The molecule has 1 N–H and O–H groups in total. The summed E-state index contributed by atoms with van der Waals surface area (Å²) in [4.78, 5) is -0.425. The lowest BCUT2D eigenvalue weighted by Crippen LogP contribution is -2.29. The Morgan fingerprint density at radius 2 is 1.85 bits per heavy atom. The van der Waals surface area contributed by atoms with Crippen LogP contribution in [0.15, 0.2) is 59.5 Å². The monoisotopic (exact) mass is 473 g/mol. The van der Waals surface area contributed by atoms with Crippen LogP contribution >= 0.6 is 0 Å². The van der Waals surface area contributed by atoms with E-state index >= 15 is 0 Å². The van der Waals surface area contributed by atoms with E-state index in [1.165, 1.54) is 22.7 Å². The van der Waals surface area contributed by atoms with Crippen molar-refractivity contribution in [3.05, 3.63) is 60.4 Å². The van der Waals surface area contributed by atoms with Crippen LogP contribution in [0.2, 0.25) is 0 Å². The van der Waals surface area contributed by atoms with Gasteiger partial charge in [-0.1, -0.05) is 12.1 Å². The van der Waals surface area contributed by atoms with E-state index in [4.69, 9.17) is 14.2 Å². The first kappa shape index (κ1) is 22.4. The summed E-state index contributed by atoms with van der Waals surface area (Å²) in [5, 5.41) is 12.7. The predicted molar refractivity (Wildman–Crippen MR) is 116 cm³/mol. The molecule has 0 aliphatic carbocycles. The molecular formula is C21H20FN5O5S. The second-order valence-corrected chi connectivity index (χ2v) is 8.44. The Morgan fingerprint density at radius 3 is 2.61 bits per heavy atom. The van der Waals surface area contributed by atoms with Crippen LogP contribution in [-0.4, -0.2) is 55.6 Å². The summed E-state index contributed by atoms with van der Waals surface area (Å²) >= 11 is 0. The second-order valence-electron chi connectivity index (χ2n) is 6.71. The molecule has 33 heavy (non-hydrogen) atoms. The maximum absolute atomic E-state index is 13.8. The molecule has 0 aliphatic rings. The topological polar surface area (TPSA) is 117 Å². The van der Waals surface area contributed by atoms with E-state index in [1.807, 2.05) is 0 Å². The van der Waals surface area contributed by atoms with Crippen molar-refractivity contribution in [1.82, 2.24) is 24.5 Å². The predicted octanol–water partition coefficient (Wildman–Crippen LogP) is 2.30. The van der Waals surface area contributed by atoms with Gasteiger partial charge in [-0.05, 0) is 36.4 Å². The number of nitrogens with one attached hydrogen (secondary N) is 1. The van der Waals surface area contributed by atoms with Crippen LogP contribution < -0.4 is 18.9 Å². The first-order valence-electron chi connectivity index (χ1n) is 9.75. The number of nitrogens with zero attached hydrogens (tertiary/aromatic N) is 4. The fourth-order valence-electron chi connectivity index (χ4n) is 3.08. The third kappa shape index (κ3) is 4.71. The minimum Gasteiger partial charge on any atom is -0.497 e. The molecule has 2 aromatic carbocycles. The van der Waals surface area contributed by atoms with E-state index in [2.05, 4.69) is 20.0 Å². The van der Waals surface area contributed by atoms with E-state index in [0.717, 1.165) is 6.07 Å². The van der Waals surface area contributed by atoms with Gasteiger partial charge in [-0.15, -0.1) is 15.3 Å². The summed E-state index contributed by atoms with van der Waals surface area (Å²) in [5.41, 5.74) is 1.09. The zero-order valence-electron chi connectivity index (χ0n) is 17.7. The van der Waals surface area contributed by atoms with Crippen molar-refractivity contribution >= 4 is 15.7 Å². The summed E-state index contributed by atoms with van der Waals surface area (Å²) in [6, 6.07) is 13.6. The number of halogens is 1. The van der Waals surface area contributed by atoms with Gasteiger partial charge in [-0.2, -0.15) is 4.52 Å². The maximum Gasteiger partial charge on any atom is 0.243 e. The first-order valence-corrected chi connectivity index (χ1v) is 11.2. The van der Waals surface area contributed by atoms with Gasteiger partial charge in [0, 0.05) is 12.6 Å². The average Bonchev–Trinajstić information content (AvgIpc) is 3.24. The van der Waals surface area contributed by atoms with Crippen molar-refractivity contribution in [2.75, 3.05) is 27.4 Å². The number of fused-ring (bicyclic) bond motifs is 1. The normalized spacial score (nSPS) is 11.5. The van der Waals surface area contributed by atoms with E-state index in [9.17, 15) is 12.8 Å². The Labute approximate surface area is 189 Å². The van der Waals surface area contributed by atoms with Gasteiger partial charge in [0.1, 0.15) is 28.8 Å². The van der Waals surface area contributed by atoms with Crippen molar-refractivity contribution in [3.63, 3.8) is 0 Å². The number of aromatic nitrogens is 4. The Balaban J connectivity index is 1.50. The van der Waals surface area contributed by atoms with Gasteiger partial charge in [0.2, 0.25) is 15.9 Å². The molecule has 4 rings (SSSR count). The van der Waals surface area contributed by atoms with Gasteiger partial charge >= 0.3 is 0 Å². The van der Waals surface area contributed by atoms with Crippen molar-refractivity contribution in [2.24, 2.45) is 0 Å². The molecule has 0 saturated carbocycles. The molecule has 4 aromatic rings. The van der Waals surface area contributed by atoms with Crippen LogP contribution in [0.4, 0.5) is 4.39 Å². The van der Waals surface area contributed by atoms with Crippen LogP contribution in [0.1, 0.15) is 0 Å². The zero-order valence-corrected chi connectivity index (χ0v) is 18.5. The highest BCUT2D eigenvalue weighted by Crippen LogP contribution is 2.32. The smallest absolute Gasteiger partial charge is 0.243 e. The SMILES string of the molecule is COc1ccc(OC)c(-c2nnc3ccc(OCCNS(=O)(=O)c4ccccc4F)nn23)c1. The highest BCUT2D eigenvalue weighted by Gasteiger charge is 2.18. The summed E-state index contributed by atoms with van der Waals surface area (Å²) in [6.45, 7) is -0.124. The van der Waals surface area contributed by atoms with Gasteiger partial charge in [0.15, 0.2) is 11.5 Å². The highest BCUT2D eigenvalue weighted by atomic mass is 32.2. The molecule has 2 heterocycles. The van der Waals surface area contributed by atoms with Gasteiger partial charge in [0.25, 0.3) is 0 Å². The summed E-state index contributed by atoms with van der Waals surface area (Å²) < 4.78 is 58.3.